The van der Waals surface area contributed by atoms with Gasteiger partial charge in [-0.25, -0.2) is 0 Å². The summed E-state index contributed by atoms with van der Waals surface area (Å²) in [4.78, 5) is 6.47. The van der Waals surface area contributed by atoms with Crippen molar-refractivity contribution in [3.05, 3.63) is 30.1 Å². The van der Waals surface area contributed by atoms with Crippen molar-refractivity contribution in [2.24, 2.45) is 11.7 Å². The van der Waals surface area contributed by atoms with Crippen LogP contribution in [0, 0.1) is 5.92 Å². The van der Waals surface area contributed by atoms with Crippen LogP contribution in [0.15, 0.2) is 24.5 Å². The molecule has 0 amide bonds. The summed E-state index contributed by atoms with van der Waals surface area (Å²) in [5.41, 5.74) is 7.40. The second-order valence-corrected chi connectivity index (χ2v) is 4.92. The maximum Gasteiger partial charge on any atom is 0.0271 e. The van der Waals surface area contributed by atoms with Gasteiger partial charge in [-0.2, -0.15) is 0 Å². The van der Waals surface area contributed by atoms with Crippen molar-refractivity contribution in [1.29, 1.82) is 0 Å². The summed E-state index contributed by atoms with van der Waals surface area (Å²) in [6.07, 6.45) is 4.77. The number of pyridine rings is 1. The highest BCUT2D eigenvalue weighted by atomic mass is 15.1. The van der Waals surface area contributed by atoms with Crippen LogP contribution in [-0.2, 0) is 6.54 Å². The third-order valence-corrected chi connectivity index (χ3v) is 3.24. The molecule has 2 N–H and O–H groups in total. The zero-order valence-electron chi connectivity index (χ0n) is 11.3. The van der Waals surface area contributed by atoms with Gasteiger partial charge in [-0.15, -0.1) is 0 Å². The zero-order valence-corrected chi connectivity index (χ0v) is 11.3. The zero-order chi connectivity index (χ0) is 12.7. The molecule has 3 heteroatoms. The topological polar surface area (TPSA) is 42.1 Å². The Bertz CT molecular complexity index is 298. The molecule has 0 aliphatic rings. The highest BCUT2D eigenvalue weighted by molar-refractivity contribution is 5.09. The van der Waals surface area contributed by atoms with Crippen molar-refractivity contribution < 1.29 is 0 Å². The summed E-state index contributed by atoms with van der Waals surface area (Å²) in [7, 11) is 0. The lowest BCUT2D eigenvalue weighted by Gasteiger charge is -2.23. The van der Waals surface area contributed by atoms with Gasteiger partial charge in [0.25, 0.3) is 0 Å². The van der Waals surface area contributed by atoms with E-state index in [9.17, 15) is 0 Å². The Kier molecular flexibility index (Phi) is 6.16. The van der Waals surface area contributed by atoms with Gasteiger partial charge in [0.15, 0.2) is 0 Å². The van der Waals surface area contributed by atoms with Crippen molar-refractivity contribution in [2.75, 3.05) is 13.1 Å². The van der Waals surface area contributed by atoms with E-state index in [4.69, 9.17) is 5.73 Å². The van der Waals surface area contributed by atoms with Crippen LogP contribution in [0.5, 0.6) is 0 Å². The van der Waals surface area contributed by atoms with Gasteiger partial charge in [-0.05, 0) is 43.1 Å². The van der Waals surface area contributed by atoms with Gasteiger partial charge in [0.05, 0.1) is 0 Å². The molecule has 0 saturated carbocycles. The minimum Gasteiger partial charge on any atom is -0.327 e. The number of hydrogen-bond acceptors (Lipinski definition) is 3. The van der Waals surface area contributed by atoms with Crippen LogP contribution >= 0.6 is 0 Å². The molecule has 0 spiro atoms. The Morgan fingerprint density at radius 2 is 1.94 bits per heavy atom. The molecule has 0 aromatic carbocycles. The summed E-state index contributed by atoms with van der Waals surface area (Å²) in [6.45, 7) is 9.69. The van der Waals surface area contributed by atoms with Gasteiger partial charge in [-0.1, -0.05) is 20.8 Å². The smallest absolute Gasteiger partial charge is 0.0271 e. The maximum atomic E-state index is 6.08. The summed E-state index contributed by atoms with van der Waals surface area (Å²) in [5, 5.41) is 0. The van der Waals surface area contributed by atoms with Crippen LogP contribution in [0.25, 0.3) is 0 Å². The summed E-state index contributed by atoms with van der Waals surface area (Å²) in [6, 6.07) is 4.46. The number of hydrogen-bond donors (Lipinski definition) is 1. The van der Waals surface area contributed by atoms with E-state index in [1.807, 2.05) is 12.4 Å². The second-order valence-electron chi connectivity index (χ2n) is 4.92. The Labute approximate surface area is 105 Å². The highest BCUT2D eigenvalue weighted by Gasteiger charge is 2.10. The normalized spacial score (nSPS) is 13.3. The van der Waals surface area contributed by atoms with E-state index in [1.165, 1.54) is 5.56 Å². The van der Waals surface area contributed by atoms with Crippen LogP contribution in [0.3, 0.4) is 0 Å². The van der Waals surface area contributed by atoms with Crippen molar-refractivity contribution in [3.63, 3.8) is 0 Å². The Hall–Kier alpha value is -0.930. The van der Waals surface area contributed by atoms with Crippen LogP contribution in [0.4, 0.5) is 0 Å². The van der Waals surface area contributed by atoms with Crippen LogP contribution in [-0.4, -0.2) is 29.0 Å². The third-order valence-electron chi connectivity index (χ3n) is 3.24. The quantitative estimate of drug-likeness (QED) is 0.788. The van der Waals surface area contributed by atoms with Gasteiger partial charge in [0.2, 0.25) is 0 Å². The van der Waals surface area contributed by atoms with E-state index in [0.29, 0.717) is 12.0 Å². The first-order valence-electron chi connectivity index (χ1n) is 6.50. The molecular formula is C14H25N3. The molecule has 0 fully saturated rings. The molecule has 3 nitrogen and oxygen atoms in total. The SMILES string of the molecule is CCN(CC[C@H](N)C(C)C)Cc1ccncc1. The fourth-order valence-corrected chi connectivity index (χ4v) is 1.76. The van der Waals surface area contributed by atoms with Crippen molar-refractivity contribution in [1.82, 2.24) is 9.88 Å². The molecule has 1 aromatic rings. The van der Waals surface area contributed by atoms with E-state index in [2.05, 4.69) is 42.8 Å². The predicted octanol–water partition coefficient (Wildman–Crippen LogP) is 2.28. The summed E-state index contributed by atoms with van der Waals surface area (Å²) >= 11 is 0. The Morgan fingerprint density at radius 3 is 2.47 bits per heavy atom. The van der Waals surface area contributed by atoms with E-state index in [-0.39, 0.29) is 0 Å². The van der Waals surface area contributed by atoms with E-state index >= 15 is 0 Å². The number of rotatable bonds is 7. The van der Waals surface area contributed by atoms with Gasteiger partial charge >= 0.3 is 0 Å². The molecule has 1 aromatic heterocycles. The average Bonchev–Trinajstić information content (AvgIpc) is 2.35. The van der Waals surface area contributed by atoms with Crippen molar-refractivity contribution >= 4 is 0 Å². The lowest BCUT2D eigenvalue weighted by molar-refractivity contribution is 0.258. The average molecular weight is 235 g/mol. The molecule has 17 heavy (non-hydrogen) atoms. The molecule has 0 unspecified atom stereocenters. The molecule has 0 bridgehead atoms. The van der Waals surface area contributed by atoms with E-state index < -0.39 is 0 Å². The maximum absolute atomic E-state index is 6.08. The second kappa shape index (κ2) is 7.41. The molecule has 1 rings (SSSR count). The lowest BCUT2D eigenvalue weighted by atomic mass is 10.0. The van der Waals surface area contributed by atoms with Crippen molar-refractivity contribution in [2.45, 2.75) is 39.8 Å². The first-order valence-corrected chi connectivity index (χ1v) is 6.50. The lowest BCUT2D eigenvalue weighted by Crippen LogP contribution is -2.33. The Morgan fingerprint density at radius 1 is 1.29 bits per heavy atom. The summed E-state index contributed by atoms with van der Waals surface area (Å²) < 4.78 is 0. The van der Waals surface area contributed by atoms with E-state index in [1.54, 1.807) is 0 Å². The molecule has 0 aliphatic carbocycles. The van der Waals surface area contributed by atoms with Gasteiger partial charge in [-0.3, -0.25) is 9.88 Å². The monoisotopic (exact) mass is 235 g/mol. The van der Waals surface area contributed by atoms with Crippen molar-refractivity contribution in [3.8, 4) is 0 Å². The standard InChI is InChI=1S/C14H25N3/c1-4-17(10-7-14(15)12(2)3)11-13-5-8-16-9-6-13/h5-6,8-9,12,14H,4,7,10-11,15H2,1-3H3/t14-/m0/s1. The largest absolute Gasteiger partial charge is 0.327 e. The fourth-order valence-electron chi connectivity index (χ4n) is 1.76. The first kappa shape index (κ1) is 14.1. The molecular weight excluding hydrogens is 210 g/mol. The summed E-state index contributed by atoms with van der Waals surface area (Å²) in [5.74, 6) is 0.564. The molecule has 0 saturated heterocycles. The minimum absolute atomic E-state index is 0.307. The molecule has 0 radical (unpaired) electrons. The van der Waals surface area contributed by atoms with Crippen LogP contribution in [0.1, 0.15) is 32.8 Å². The Balaban J connectivity index is 2.39. The minimum atomic E-state index is 0.307. The van der Waals surface area contributed by atoms with Gasteiger partial charge < -0.3 is 5.73 Å². The van der Waals surface area contributed by atoms with Gasteiger partial charge in [0, 0.05) is 25.0 Å². The van der Waals surface area contributed by atoms with Crippen LogP contribution in [0.2, 0.25) is 0 Å². The molecule has 1 atom stereocenters. The molecule has 1 heterocycles. The highest BCUT2D eigenvalue weighted by Crippen LogP contribution is 2.07. The number of aromatic nitrogens is 1. The predicted molar refractivity (Wildman–Crippen MR) is 72.6 cm³/mol. The molecule has 96 valence electrons. The third kappa shape index (κ3) is 5.29. The molecule has 0 aliphatic heterocycles. The number of nitrogens with zero attached hydrogens (tertiary/aromatic N) is 2. The van der Waals surface area contributed by atoms with Crippen LogP contribution < -0.4 is 5.73 Å². The number of nitrogens with two attached hydrogens (primary N) is 1. The van der Waals surface area contributed by atoms with Gasteiger partial charge in [0.1, 0.15) is 0 Å². The first-order chi connectivity index (χ1) is 8.13. The fraction of sp³-hybridized carbons (Fsp3) is 0.643. The van der Waals surface area contributed by atoms with E-state index in [0.717, 1.165) is 26.1 Å².